The van der Waals surface area contributed by atoms with Gasteiger partial charge in [0.15, 0.2) is 0 Å². The molecule has 0 aliphatic rings. The summed E-state index contributed by atoms with van der Waals surface area (Å²) in [4.78, 5) is 47.7. The van der Waals surface area contributed by atoms with Crippen LogP contribution in [-0.2, 0) is 21.5 Å². The fourth-order valence-electron chi connectivity index (χ4n) is 2.02. The minimum Gasteiger partial charge on any atom is -0.481 e. The molecule has 2 rings (SSSR count). The molecule has 0 fully saturated rings. The molecule has 0 saturated carbocycles. The quantitative estimate of drug-likeness (QED) is 0.738. The molecule has 1 heterocycles. The standard InChI is InChI=1S/C16H17N3O5/c1-16(2,14(22)23)10-3-5-11(6-4-10)17-13(21)9-19-8-7-12(20)18-15(19)24/h3-8H,9H2,1-2H3,(H,17,21)(H,22,23)(H,18,20,24). The maximum Gasteiger partial charge on any atom is 0.328 e. The number of aromatic amines is 1. The average molecular weight is 331 g/mol. The third kappa shape index (κ3) is 3.78. The van der Waals surface area contributed by atoms with E-state index in [-0.39, 0.29) is 6.54 Å². The predicted octanol–water partition coefficient (Wildman–Crippen LogP) is 0.537. The molecule has 8 nitrogen and oxygen atoms in total. The van der Waals surface area contributed by atoms with Gasteiger partial charge in [0.05, 0.1) is 5.41 Å². The van der Waals surface area contributed by atoms with Crippen LogP contribution in [0.25, 0.3) is 0 Å². The predicted molar refractivity (Wildman–Crippen MR) is 87.1 cm³/mol. The number of aromatic nitrogens is 2. The summed E-state index contributed by atoms with van der Waals surface area (Å²) in [5.41, 5.74) is -1.16. The first-order chi connectivity index (χ1) is 11.2. The van der Waals surface area contributed by atoms with Crippen LogP contribution in [0.2, 0.25) is 0 Å². The van der Waals surface area contributed by atoms with Gasteiger partial charge in [0.25, 0.3) is 5.56 Å². The third-order valence-electron chi connectivity index (χ3n) is 3.64. The van der Waals surface area contributed by atoms with Crippen LogP contribution in [0, 0.1) is 0 Å². The summed E-state index contributed by atoms with van der Waals surface area (Å²) in [5.74, 6) is -1.40. The lowest BCUT2D eigenvalue weighted by Crippen LogP contribution is -2.32. The largest absolute Gasteiger partial charge is 0.481 e. The molecule has 0 atom stereocenters. The summed E-state index contributed by atoms with van der Waals surface area (Å²) in [5, 5.41) is 11.8. The summed E-state index contributed by atoms with van der Waals surface area (Å²) in [7, 11) is 0. The van der Waals surface area contributed by atoms with Crippen molar-refractivity contribution in [2.45, 2.75) is 25.8 Å². The minimum atomic E-state index is -1.04. The van der Waals surface area contributed by atoms with Crippen molar-refractivity contribution in [1.82, 2.24) is 9.55 Å². The molecule has 0 aliphatic carbocycles. The second-order valence-corrected chi connectivity index (χ2v) is 5.79. The Bertz CT molecular complexity index is 878. The van der Waals surface area contributed by atoms with Crippen LogP contribution in [0.4, 0.5) is 5.69 Å². The number of H-pyrrole nitrogens is 1. The normalized spacial score (nSPS) is 11.1. The smallest absolute Gasteiger partial charge is 0.328 e. The van der Waals surface area contributed by atoms with Crippen LogP contribution in [0.5, 0.6) is 0 Å². The minimum absolute atomic E-state index is 0.252. The van der Waals surface area contributed by atoms with Crippen molar-refractivity contribution in [1.29, 1.82) is 0 Å². The molecule has 1 amide bonds. The van der Waals surface area contributed by atoms with E-state index in [2.05, 4.69) is 10.3 Å². The van der Waals surface area contributed by atoms with Gasteiger partial charge in [0, 0.05) is 18.0 Å². The molecule has 1 aromatic carbocycles. The molecule has 2 aromatic rings. The molecule has 8 heteroatoms. The van der Waals surface area contributed by atoms with Crippen molar-refractivity contribution >= 4 is 17.6 Å². The van der Waals surface area contributed by atoms with Crippen LogP contribution < -0.4 is 16.6 Å². The van der Waals surface area contributed by atoms with E-state index in [0.29, 0.717) is 11.3 Å². The first-order valence-electron chi connectivity index (χ1n) is 7.14. The number of anilines is 1. The van der Waals surface area contributed by atoms with Gasteiger partial charge in [-0.3, -0.25) is 23.9 Å². The summed E-state index contributed by atoms with van der Waals surface area (Å²) in [6.45, 7) is 2.93. The van der Waals surface area contributed by atoms with Crippen LogP contribution >= 0.6 is 0 Å². The number of amides is 1. The molecule has 24 heavy (non-hydrogen) atoms. The Labute approximate surface area is 136 Å². The van der Waals surface area contributed by atoms with E-state index in [4.69, 9.17) is 0 Å². The number of carboxylic acids is 1. The number of aliphatic carboxylic acids is 1. The van der Waals surface area contributed by atoms with Crippen molar-refractivity contribution in [3.63, 3.8) is 0 Å². The fourth-order valence-corrected chi connectivity index (χ4v) is 2.02. The lowest BCUT2D eigenvalue weighted by molar-refractivity contribution is -0.142. The van der Waals surface area contributed by atoms with Crippen molar-refractivity contribution < 1.29 is 14.7 Å². The average Bonchev–Trinajstić information content (AvgIpc) is 2.50. The van der Waals surface area contributed by atoms with Gasteiger partial charge in [-0.2, -0.15) is 0 Å². The number of nitrogens with zero attached hydrogens (tertiary/aromatic N) is 1. The number of carbonyl (C=O) groups excluding carboxylic acids is 1. The Morgan fingerprint density at radius 3 is 2.33 bits per heavy atom. The number of nitrogens with one attached hydrogen (secondary N) is 2. The number of carbonyl (C=O) groups is 2. The summed E-state index contributed by atoms with van der Waals surface area (Å²) < 4.78 is 1.07. The van der Waals surface area contributed by atoms with Crippen molar-refractivity contribution in [2.24, 2.45) is 0 Å². The van der Waals surface area contributed by atoms with E-state index >= 15 is 0 Å². The molecule has 0 radical (unpaired) electrons. The van der Waals surface area contributed by atoms with E-state index in [1.165, 1.54) is 6.20 Å². The molecule has 0 aliphatic heterocycles. The third-order valence-corrected chi connectivity index (χ3v) is 3.64. The van der Waals surface area contributed by atoms with E-state index in [0.717, 1.165) is 10.6 Å². The van der Waals surface area contributed by atoms with Gasteiger partial charge in [-0.15, -0.1) is 0 Å². The van der Waals surface area contributed by atoms with Crippen molar-refractivity contribution in [2.75, 3.05) is 5.32 Å². The Balaban J connectivity index is 2.08. The fraction of sp³-hybridized carbons (Fsp3) is 0.250. The number of carboxylic acid groups (broad SMARTS) is 1. The van der Waals surface area contributed by atoms with Crippen molar-refractivity contribution in [3.05, 3.63) is 62.9 Å². The second-order valence-electron chi connectivity index (χ2n) is 5.79. The first kappa shape index (κ1) is 17.2. The summed E-state index contributed by atoms with van der Waals surface area (Å²) in [6, 6.07) is 7.57. The molecule has 126 valence electrons. The Morgan fingerprint density at radius 2 is 1.79 bits per heavy atom. The highest BCUT2D eigenvalue weighted by Gasteiger charge is 2.29. The zero-order chi connectivity index (χ0) is 17.9. The number of hydrogen-bond donors (Lipinski definition) is 3. The van der Waals surface area contributed by atoms with Gasteiger partial charge in [0.1, 0.15) is 6.54 Å². The van der Waals surface area contributed by atoms with Crippen LogP contribution in [-0.4, -0.2) is 26.5 Å². The topological polar surface area (TPSA) is 121 Å². The van der Waals surface area contributed by atoms with E-state index in [9.17, 15) is 24.3 Å². The molecule has 0 bridgehead atoms. The molecular weight excluding hydrogens is 314 g/mol. The van der Waals surface area contributed by atoms with Crippen LogP contribution in [0.1, 0.15) is 19.4 Å². The van der Waals surface area contributed by atoms with Gasteiger partial charge in [-0.1, -0.05) is 12.1 Å². The Hall–Kier alpha value is -3.16. The Morgan fingerprint density at radius 1 is 1.17 bits per heavy atom. The summed E-state index contributed by atoms with van der Waals surface area (Å²) in [6.07, 6.45) is 1.24. The van der Waals surface area contributed by atoms with Crippen LogP contribution in [0.15, 0.2) is 46.1 Å². The SMILES string of the molecule is CC(C)(C(=O)O)c1ccc(NC(=O)Cn2ccc(=O)[nH]c2=O)cc1. The number of benzene rings is 1. The molecule has 0 saturated heterocycles. The maximum absolute atomic E-state index is 12.0. The van der Waals surface area contributed by atoms with Gasteiger partial charge >= 0.3 is 11.7 Å². The second kappa shape index (κ2) is 6.53. The highest BCUT2D eigenvalue weighted by molar-refractivity contribution is 5.90. The molecule has 3 N–H and O–H groups in total. The number of rotatable bonds is 5. The first-order valence-corrected chi connectivity index (χ1v) is 7.14. The zero-order valence-corrected chi connectivity index (χ0v) is 13.2. The van der Waals surface area contributed by atoms with Crippen LogP contribution in [0.3, 0.4) is 0 Å². The van der Waals surface area contributed by atoms with Crippen molar-refractivity contribution in [3.8, 4) is 0 Å². The molecule has 1 aromatic heterocycles. The van der Waals surface area contributed by atoms with Gasteiger partial charge in [-0.05, 0) is 31.5 Å². The molecule has 0 unspecified atom stereocenters. The lowest BCUT2D eigenvalue weighted by atomic mass is 9.85. The molecule has 0 spiro atoms. The highest BCUT2D eigenvalue weighted by Crippen LogP contribution is 2.24. The zero-order valence-electron chi connectivity index (χ0n) is 13.2. The van der Waals surface area contributed by atoms with E-state index in [1.54, 1.807) is 38.1 Å². The Kier molecular flexibility index (Phi) is 4.68. The van der Waals surface area contributed by atoms with E-state index < -0.39 is 28.5 Å². The van der Waals surface area contributed by atoms with Gasteiger partial charge < -0.3 is 10.4 Å². The maximum atomic E-state index is 12.0. The monoisotopic (exact) mass is 331 g/mol. The number of hydrogen-bond acceptors (Lipinski definition) is 4. The van der Waals surface area contributed by atoms with E-state index in [1.807, 2.05) is 0 Å². The summed E-state index contributed by atoms with van der Waals surface area (Å²) >= 11 is 0. The van der Waals surface area contributed by atoms with Gasteiger partial charge in [-0.25, -0.2) is 4.79 Å². The molecular formula is C16H17N3O5. The lowest BCUT2D eigenvalue weighted by Gasteiger charge is -2.19. The highest BCUT2D eigenvalue weighted by atomic mass is 16.4. The van der Waals surface area contributed by atoms with Gasteiger partial charge in [0.2, 0.25) is 5.91 Å².